The van der Waals surface area contributed by atoms with Gasteiger partial charge in [0.1, 0.15) is 0 Å². The quantitative estimate of drug-likeness (QED) is 0.754. The number of hydrogen-bond donors (Lipinski definition) is 2. The molecule has 2 amide bonds. The second kappa shape index (κ2) is 8.84. The summed E-state index contributed by atoms with van der Waals surface area (Å²) in [6, 6.07) is 7.43. The number of anilines is 1. The van der Waals surface area contributed by atoms with Gasteiger partial charge in [0.05, 0.1) is 5.75 Å². The fourth-order valence-corrected chi connectivity index (χ4v) is 3.50. The Labute approximate surface area is 156 Å². The molecule has 0 spiro atoms. The van der Waals surface area contributed by atoms with Crippen molar-refractivity contribution in [2.24, 2.45) is 0 Å². The smallest absolute Gasteiger partial charge is 0.277 e. The van der Waals surface area contributed by atoms with Gasteiger partial charge < -0.3 is 15.1 Å². The second-order valence-corrected chi connectivity index (χ2v) is 7.25. The molecule has 0 radical (unpaired) electrons. The molecule has 1 aromatic carbocycles. The molecule has 0 unspecified atom stereocenters. The molecule has 8 heteroatoms. The Bertz CT molecular complexity index is 754. The first kappa shape index (κ1) is 18.4. The average molecular weight is 374 g/mol. The number of aromatic nitrogens is 2. The highest BCUT2D eigenvalue weighted by Crippen LogP contribution is 2.24. The van der Waals surface area contributed by atoms with Crippen LogP contribution in [-0.4, -0.2) is 33.8 Å². The number of nitrogens with zero attached hydrogens (tertiary/aromatic N) is 2. The fraction of sp³-hybridized carbons (Fsp3) is 0.444. The number of nitrogens with one attached hydrogen (secondary N) is 2. The molecule has 0 atom stereocenters. The van der Waals surface area contributed by atoms with Crippen molar-refractivity contribution in [1.82, 2.24) is 15.5 Å². The second-order valence-electron chi connectivity index (χ2n) is 6.32. The lowest BCUT2D eigenvalue weighted by Crippen LogP contribution is -2.37. The van der Waals surface area contributed by atoms with E-state index in [0.29, 0.717) is 22.8 Å². The van der Waals surface area contributed by atoms with Crippen LogP contribution >= 0.6 is 11.8 Å². The van der Waals surface area contributed by atoms with Crippen molar-refractivity contribution in [3.8, 4) is 11.5 Å². The zero-order chi connectivity index (χ0) is 18.4. The maximum Gasteiger partial charge on any atom is 0.277 e. The molecule has 2 N–H and O–H groups in total. The summed E-state index contributed by atoms with van der Waals surface area (Å²) in [4.78, 5) is 23.1. The summed E-state index contributed by atoms with van der Waals surface area (Å²) in [6.45, 7) is 1.46. The van der Waals surface area contributed by atoms with Crippen LogP contribution in [0.4, 0.5) is 5.69 Å². The van der Waals surface area contributed by atoms with Gasteiger partial charge in [-0.2, -0.15) is 0 Å². The van der Waals surface area contributed by atoms with Crippen LogP contribution in [0.2, 0.25) is 0 Å². The summed E-state index contributed by atoms with van der Waals surface area (Å²) in [5, 5.41) is 14.1. The summed E-state index contributed by atoms with van der Waals surface area (Å²) in [7, 11) is 0. The Hall–Kier alpha value is -2.35. The number of carbonyl (C=O) groups is 2. The van der Waals surface area contributed by atoms with E-state index in [1.165, 1.54) is 37.9 Å². The van der Waals surface area contributed by atoms with E-state index in [9.17, 15) is 9.59 Å². The van der Waals surface area contributed by atoms with E-state index in [0.717, 1.165) is 18.4 Å². The maximum atomic E-state index is 12.0. The van der Waals surface area contributed by atoms with Crippen LogP contribution in [-0.2, 0) is 9.59 Å². The minimum absolute atomic E-state index is 0.00121. The van der Waals surface area contributed by atoms with Crippen LogP contribution in [0, 0.1) is 0 Å². The van der Waals surface area contributed by atoms with Gasteiger partial charge in [0.2, 0.25) is 17.7 Å². The highest BCUT2D eigenvalue weighted by Gasteiger charge is 2.17. The molecule has 0 saturated heterocycles. The highest BCUT2D eigenvalue weighted by atomic mass is 32.2. The van der Waals surface area contributed by atoms with Gasteiger partial charge in [0.15, 0.2) is 0 Å². The van der Waals surface area contributed by atoms with Gasteiger partial charge in [-0.15, -0.1) is 10.2 Å². The van der Waals surface area contributed by atoms with Crippen molar-refractivity contribution in [3.63, 3.8) is 0 Å². The third kappa shape index (κ3) is 5.32. The normalized spacial score (nSPS) is 14.8. The van der Waals surface area contributed by atoms with Crippen LogP contribution in [0.5, 0.6) is 0 Å². The van der Waals surface area contributed by atoms with Gasteiger partial charge in [0, 0.05) is 24.2 Å². The highest BCUT2D eigenvalue weighted by molar-refractivity contribution is 7.99. The molecular formula is C18H22N4O3S. The van der Waals surface area contributed by atoms with Gasteiger partial charge in [-0.25, -0.2) is 0 Å². The molecule has 3 rings (SSSR count). The van der Waals surface area contributed by atoms with Crippen LogP contribution in [0.1, 0.15) is 39.0 Å². The molecule has 1 aliphatic carbocycles. The van der Waals surface area contributed by atoms with Crippen LogP contribution in [0.3, 0.4) is 0 Å². The Balaban J connectivity index is 1.51. The van der Waals surface area contributed by atoms with E-state index in [1.54, 1.807) is 24.3 Å². The maximum absolute atomic E-state index is 12.0. The summed E-state index contributed by atoms with van der Waals surface area (Å²) in [6.07, 6.45) is 5.76. The molecule has 1 aromatic heterocycles. The van der Waals surface area contributed by atoms with E-state index < -0.39 is 0 Å². The summed E-state index contributed by atoms with van der Waals surface area (Å²) >= 11 is 1.23. The molecule has 26 heavy (non-hydrogen) atoms. The molecule has 1 fully saturated rings. The number of rotatable bonds is 6. The van der Waals surface area contributed by atoms with Gasteiger partial charge in [-0.3, -0.25) is 9.59 Å². The minimum Gasteiger partial charge on any atom is -0.411 e. The van der Waals surface area contributed by atoms with E-state index in [-0.39, 0.29) is 17.6 Å². The first-order valence-electron chi connectivity index (χ1n) is 8.74. The number of hydrogen-bond acceptors (Lipinski definition) is 6. The number of amides is 2. The Morgan fingerprint density at radius 2 is 1.88 bits per heavy atom. The standard InChI is InChI=1S/C18H22N4O3S/c1-12(23)19-15-9-7-13(8-10-15)17-21-22-18(25-17)26-11-16(24)20-14-5-3-2-4-6-14/h7-10,14H,2-6,11H2,1H3,(H,19,23)(H,20,24). The largest absolute Gasteiger partial charge is 0.411 e. The van der Waals surface area contributed by atoms with E-state index >= 15 is 0 Å². The predicted octanol–water partition coefficient (Wildman–Crippen LogP) is 3.24. The van der Waals surface area contributed by atoms with Crippen molar-refractivity contribution in [3.05, 3.63) is 24.3 Å². The third-order valence-corrected chi connectivity index (χ3v) is 4.97. The van der Waals surface area contributed by atoms with Crippen molar-refractivity contribution in [1.29, 1.82) is 0 Å². The number of carbonyl (C=O) groups excluding carboxylic acids is 2. The molecule has 1 heterocycles. The SMILES string of the molecule is CC(=O)Nc1ccc(-c2nnc(SCC(=O)NC3CCCCC3)o2)cc1. The van der Waals surface area contributed by atoms with Crippen molar-refractivity contribution >= 4 is 29.3 Å². The monoisotopic (exact) mass is 374 g/mol. The van der Waals surface area contributed by atoms with Crippen molar-refractivity contribution in [2.75, 3.05) is 11.1 Å². The Morgan fingerprint density at radius 3 is 2.58 bits per heavy atom. The number of benzene rings is 1. The van der Waals surface area contributed by atoms with Gasteiger partial charge in [-0.05, 0) is 37.1 Å². The van der Waals surface area contributed by atoms with Crippen molar-refractivity contribution < 1.29 is 14.0 Å². The number of thioether (sulfide) groups is 1. The zero-order valence-corrected chi connectivity index (χ0v) is 15.5. The summed E-state index contributed by atoms with van der Waals surface area (Å²) in [5.74, 6) is 0.524. The first-order chi connectivity index (χ1) is 12.6. The van der Waals surface area contributed by atoms with Crippen LogP contribution in [0.25, 0.3) is 11.5 Å². The first-order valence-corrected chi connectivity index (χ1v) is 9.72. The summed E-state index contributed by atoms with van der Waals surface area (Å²) in [5.41, 5.74) is 1.46. The lowest BCUT2D eigenvalue weighted by molar-refractivity contribution is -0.119. The molecular weight excluding hydrogens is 352 g/mol. The Kier molecular flexibility index (Phi) is 6.27. The van der Waals surface area contributed by atoms with Gasteiger partial charge in [0.25, 0.3) is 5.22 Å². The van der Waals surface area contributed by atoms with Gasteiger partial charge in [-0.1, -0.05) is 31.0 Å². The molecule has 2 aromatic rings. The fourth-order valence-electron chi connectivity index (χ4n) is 2.93. The van der Waals surface area contributed by atoms with E-state index in [2.05, 4.69) is 20.8 Å². The van der Waals surface area contributed by atoms with E-state index in [4.69, 9.17) is 4.42 Å². The third-order valence-electron chi connectivity index (χ3n) is 4.16. The van der Waals surface area contributed by atoms with Crippen LogP contribution in [0.15, 0.2) is 33.9 Å². The Morgan fingerprint density at radius 1 is 1.15 bits per heavy atom. The lowest BCUT2D eigenvalue weighted by Gasteiger charge is -2.22. The van der Waals surface area contributed by atoms with E-state index in [1.807, 2.05) is 0 Å². The van der Waals surface area contributed by atoms with Crippen LogP contribution < -0.4 is 10.6 Å². The lowest BCUT2D eigenvalue weighted by atomic mass is 9.95. The molecule has 1 saturated carbocycles. The minimum atomic E-state index is -0.124. The molecule has 0 aliphatic heterocycles. The average Bonchev–Trinajstić information content (AvgIpc) is 3.10. The topological polar surface area (TPSA) is 97.1 Å². The zero-order valence-electron chi connectivity index (χ0n) is 14.7. The summed E-state index contributed by atoms with van der Waals surface area (Å²) < 4.78 is 5.60. The molecule has 7 nitrogen and oxygen atoms in total. The molecule has 1 aliphatic rings. The van der Waals surface area contributed by atoms with Crippen molar-refractivity contribution in [2.45, 2.75) is 50.3 Å². The molecule has 0 bridgehead atoms. The van der Waals surface area contributed by atoms with Gasteiger partial charge >= 0.3 is 0 Å². The molecule has 138 valence electrons. The predicted molar refractivity (Wildman–Crippen MR) is 99.8 cm³/mol.